The van der Waals surface area contributed by atoms with Gasteiger partial charge in [0.05, 0.1) is 11.7 Å². The van der Waals surface area contributed by atoms with Gasteiger partial charge in [-0.3, -0.25) is 0 Å². The van der Waals surface area contributed by atoms with E-state index in [0.717, 1.165) is 6.42 Å². The highest BCUT2D eigenvalue weighted by Crippen LogP contribution is 2.44. The Balaban J connectivity index is 1.88. The third-order valence-corrected chi connectivity index (χ3v) is 3.61. The maximum Gasteiger partial charge on any atom is 0.0687 e. The van der Waals surface area contributed by atoms with Crippen molar-refractivity contribution in [3.63, 3.8) is 0 Å². The lowest BCUT2D eigenvalue weighted by atomic mass is 9.94. The van der Waals surface area contributed by atoms with E-state index < -0.39 is 0 Å². The number of hydrogen-bond donors (Lipinski definition) is 1. The van der Waals surface area contributed by atoms with E-state index in [1.807, 2.05) is 0 Å². The predicted octanol–water partition coefficient (Wildman–Crippen LogP) is 2.61. The summed E-state index contributed by atoms with van der Waals surface area (Å²) >= 11 is 0. The standard InChI is InChI=1S/C12H23NO/c1-11(2,13)9-10-5-8-12(14-10)6-3-4-7-12/h10H,3-9,13H2,1-2H3. The Kier molecular flexibility index (Phi) is 2.61. The first kappa shape index (κ1) is 10.4. The molecule has 2 aliphatic rings. The maximum absolute atomic E-state index is 6.21. The number of hydrogen-bond acceptors (Lipinski definition) is 2. The van der Waals surface area contributed by atoms with E-state index in [1.165, 1.54) is 38.5 Å². The van der Waals surface area contributed by atoms with Gasteiger partial charge in [0.25, 0.3) is 0 Å². The van der Waals surface area contributed by atoms with Crippen molar-refractivity contribution in [1.82, 2.24) is 0 Å². The number of rotatable bonds is 2. The zero-order valence-electron chi connectivity index (χ0n) is 9.51. The van der Waals surface area contributed by atoms with E-state index in [1.54, 1.807) is 0 Å². The first-order valence-electron chi connectivity index (χ1n) is 5.96. The van der Waals surface area contributed by atoms with Crippen LogP contribution in [0.3, 0.4) is 0 Å². The van der Waals surface area contributed by atoms with Gasteiger partial charge < -0.3 is 10.5 Å². The van der Waals surface area contributed by atoms with Gasteiger partial charge in [-0.15, -0.1) is 0 Å². The minimum atomic E-state index is -0.0746. The van der Waals surface area contributed by atoms with E-state index in [4.69, 9.17) is 10.5 Å². The van der Waals surface area contributed by atoms with Gasteiger partial charge in [-0.05, 0) is 46.0 Å². The molecule has 0 radical (unpaired) electrons. The molecule has 2 fully saturated rings. The normalized spacial score (nSPS) is 31.5. The molecule has 1 aliphatic carbocycles. The first-order chi connectivity index (χ1) is 6.49. The smallest absolute Gasteiger partial charge is 0.0687 e. The van der Waals surface area contributed by atoms with Crippen LogP contribution in [0, 0.1) is 0 Å². The van der Waals surface area contributed by atoms with Crippen LogP contribution in [0.5, 0.6) is 0 Å². The van der Waals surface area contributed by atoms with Crippen molar-refractivity contribution in [3.05, 3.63) is 0 Å². The summed E-state index contributed by atoms with van der Waals surface area (Å²) in [4.78, 5) is 0. The molecule has 1 spiro atoms. The molecule has 0 amide bonds. The maximum atomic E-state index is 6.21. The van der Waals surface area contributed by atoms with E-state index in [2.05, 4.69) is 13.8 Å². The van der Waals surface area contributed by atoms with Crippen molar-refractivity contribution in [3.8, 4) is 0 Å². The summed E-state index contributed by atoms with van der Waals surface area (Å²) in [6.45, 7) is 4.19. The fraction of sp³-hybridized carbons (Fsp3) is 1.00. The third kappa shape index (κ3) is 2.29. The SMILES string of the molecule is CC(C)(N)CC1CCC2(CCCC2)O1. The quantitative estimate of drug-likeness (QED) is 0.738. The van der Waals surface area contributed by atoms with Crippen LogP contribution in [0.2, 0.25) is 0 Å². The molecule has 2 N–H and O–H groups in total. The van der Waals surface area contributed by atoms with Crippen molar-refractivity contribution in [1.29, 1.82) is 0 Å². The van der Waals surface area contributed by atoms with E-state index in [-0.39, 0.29) is 11.1 Å². The number of nitrogens with two attached hydrogens (primary N) is 1. The molecular weight excluding hydrogens is 174 g/mol. The Hall–Kier alpha value is -0.0800. The van der Waals surface area contributed by atoms with Gasteiger partial charge >= 0.3 is 0 Å². The van der Waals surface area contributed by atoms with Gasteiger partial charge in [0, 0.05) is 5.54 Å². The fourth-order valence-electron chi connectivity index (χ4n) is 3.01. The van der Waals surface area contributed by atoms with Crippen LogP contribution >= 0.6 is 0 Å². The summed E-state index contributed by atoms with van der Waals surface area (Å²) in [5.41, 5.74) is 6.22. The van der Waals surface area contributed by atoms with Crippen LogP contribution in [0.25, 0.3) is 0 Å². The molecular formula is C12H23NO. The van der Waals surface area contributed by atoms with Gasteiger partial charge in [0.2, 0.25) is 0 Å². The Labute approximate surface area is 87.2 Å². The van der Waals surface area contributed by atoms with Crippen LogP contribution in [0.1, 0.15) is 58.8 Å². The second kappa shape index (κ2) is 3.49. The zero-order chi connectivity index (χ0) is 10.2. The Morgan fingerprint density at radius 3 is 2.50 bits per heavy atom. The molecule has 2 heteroatoms. The highest BCUT2D eigenvalue weighted by atomic mass is 16.5. The fourth-order valence-corrected chi connectivity index (χ4v) is 3.01. The summed E-state index contributed by atoms with van der Waals surface area (Å²) in [7, 11) is 0. The lowest BCUT2D eigenvalue weighted by molar-refractivity contribution is -0.0443. The molecule has 1 saturated carbocycles. The molecule has 2 rings (SSSR count). The summed E-state index contributed by atoms with van der Waals surface area (Å²) in [6.07, 6.45) is 9.22. The second-order valence-corrected chi connectivity index (χ2v) is 5.86. The summed E-state index contributed by atoms with van der Waals surface area (Å²) in [6, 6.07) is 0. The minimum absolute atomic E-state index is 0.0746. The molecule has 0 aromatic heterocycles. The van der Waals surface area contributed by atoms with Crippen LogP contribution in [0.15, 0.2) is 0 Å². The van der Waals surface area contributed by atoms with Gasteiger partial charge in [-0.1, -0.05) is 12.8 Å². The molecule has 1 atom stereocenters. The first-order valence-corrected chi connectivity index (χ1v) is 5.96. The van der Waals surface area contributed by atoms with Gasteiger partial charge in [0.15, 0.2) is 0 Å². The van der Waals surface area contributed by atoms with E-state index in [9.17, 15) is 0 Å². The zero-order valence-corrected chi connectivity index (χ0v) is 9.51. The molecule has 82 valence electrons. The van der Waals surface area contributed by atoms with Gasteiger partial charge in [0.1, 0.15) is 0 Å². The average molecular weight is 197 g/mol. The van der Waals surface area contributed by atoms with Gasteiger partial charge in [-0.2, -0.15) is 0 Å². The minimum Gasteiger partial charge on any atom is -0.372 e. The summed E-state index contributed by atoms with van der Waals surface area (Å²) in [5.74, 6) is 0. The molecule has 14 heavy (non-hydrogen) atoms. The highest BCUT2D eigenvalue weighted by molar-refractivity contribution is 4.94. The summed E-state index contributed by atoms with van der Waals surface area (Å²) in [5, 5.41) is 0. The van der Waals surface area contributed by atoms with Crippen molar-refractivity contribution in [2.45, 2.75) is 76.0 Å². The molecule has 1 heterocycles. The molecule has 1 aliphatic heterocycles. The molecule has 2 nitrogen and oxygen atoms in total. The molecule has 0 bridgehead atoms. The molecule has 0 aromatic carbocycles. The Bertz CT molecular complexity index is 201. The third-order valence-electron chi connectivity index (χ3n) is 3.61. The van der Waals surface area contributed by atoms with Crippen LogP contribution < -0.4 is 5.73 Å². The average Bonchev–Trinajstić information content (AvgIpc) is 2.60. The van der Waals surface area contributed by atoms with Gasteiger partial charge in [-0.25, -0.2) is 0 Å². The van der Waals surface area contributed by atoms with Crippen LogP contribution in [0.4, 0.5) is 0 Å². The molecule has 1 saturated heterocycles. The van der Waals surface area contributed by atoms with Crippen molar-refractivity contribution in [2.24, 2.45) is 5.73 Å². The highest BCUT2D eigenvalue weighted by Gasteiger charge is 2.42. The lowest BCUT2D eigenvalue weighted by Gasteiger charge is -2.27. The van der Waals surface area contributed by atoms with Crippen LogP contribution in [-0.2, 0) is 4.74 Å². The van der Waals surface area contributed by atoms with Crippen LogP contribution in [-0.4, -0.2) is 17.2 Å². The molecule has 0 aromatic rings. The largest absolute Gasteiger partial charge is 0.372 e. The predicted molar refractivity (Wildman–Crippen MR) is 58.2 cm³/mol. The number of ether oxygens (including phenoxy) is 1. The van der Waals surface area contributed by atoms with Crippen molar-refractivity contribution < 1.29 is 4.74 Å². The van der Waals surface area contributed by atoms with Crippen molar-refractivity contribution >= 4 is 0 Å². The van der Waals surface area contributed by atoms with E-state index >= 15 is 0 Å². The molecule has 1 unspecified atom stereocenters. The monoisotopic (exact) mass is 197 g/mol. The Morgan fingerprint density at radius 2 is 1.93 bits per heavy atom. The second-order valence-electron chi connectivity index (χ2n) is 5.86. The Morgan fingerprint density at radius 1 is 1.29 bits per heavy atom. The topological polar surface area (TPSA) is 35.2 Å². The van der Waals surface area contributed by atoms with E-state index in [0.29, 0.717) is 6.10 Å². The van der Waals surface area contributed by atoms with Crippen molar-refractivity contribution in [2.75, 3.05) is 0 Å². The lowest BCUT2D eigenvalue weighted by Crippen LogP contribution is -2.37. The summed E-state index contributed by atoms with van der Waals surface area (Å²) < 4.78 is 6.21.